The van der Waals surface area contributed by atoms with Gasteiger partial charge in [0.1, 0.15) is 0 Å². The molecular weight excluding hydrogens is 362 g/mol. The van der Waals surface area contributed by atoms with Crippen LogP contribution in [-0.4, -0.2) is 43.9 Å². The van der Waals surface area contributed by atoms with Gasteiger partial charge in [-0.1, -0.05) is 18.2 Å². The summed E-state index contributed by atoms with van der Waals surface area (Å²) in [4.78, 5) is 15.0. The highest BCUT2D eigenvalue weighted by Gasteiger charge is 2.29. The summed E-state index contributed by atoms with van der Waals surface area (Å²) in [6.07, 6.45) is 2.69. The number of likely N-dealkylation sites (tertiary alicyclic amines) is 1. The van der Waals surface area contributed by atoms with E-state index in [4.69, 9.17) is 0 Å². The van der Waals surface area contributed by atoms with Gasteiger partial charge in [0.2, 0.25) is 0 Å². The molecule has 1 aliphatic heterocycles. The number of aryl methyl sites for hydroxylation is 2. The van der Waals surface area contributed by atoms with E-state index in [0.717, 1.165) is 51.9 Å². The fourth-order valence-corrected chi connectivity index (χ4v) is 4.29. The zero-order valence-electron chi connectivity index (χ0n) is 16.6. The van der Waals surface area contributed by atoms with Gasteiger partial charge in [0.15, 0.2) is 0 Å². The number of carbonyl (C=O) groups is 1. The highest BCUT2D eigenvalue weighted by Crippen LogP contribution is 2.27. The molecule has 4 aromatic rings. The van der Waals surface area contributed by atoms with Crippen molar-refractivity contribution in [2.45, 2.75) is 26.3 Å². The second-order valence-corrected chi connectivity index (χ2v) is 7.81. The number of hydrogen-bond donors (Lipinski definition) is 1. The van der Waals surface area contributed by atoms with Crippen LogP contribution in [0, 0.1) is 13.8 Å². The number of nitrogens with one attached hydrogen (secondary N) is 1. The van der Waals surface area contributed by atoms with Crippen molar-refractivity contribution in [2.24, 2.45) is 0 Å². The molecule has 29 heavy (non-hydrogen) atoms. The van der Waals surface area contributed by atoms with E-state index in [9.17, 15) is 4.79 Å². The van der Waals surface area contributed by atoms with E-state index in [-0.39, 0.29) is 11.9 Å². The lowest BCUT2D eigenvalue weighted by molar-refractivity contribution is 0.0787. The molecule has 1 N–H and O–H groups in total. The summed E-state index contributed by atoms with van der Waals surface area (Å²) in [7, 11) is 0. The number of carbonyl (C=O) groups excluding carboxylic acids is 1. The van der Waals surface area contributed by atoms with E-state index in [0.29, 0.717) is 6.54 Å². The first kappa shape index (κ1) is 17.7. The van der Waals surface area contributed by atoms with E-state index in [1.165, 1.54) is 0 Å². The lowest BCUT2D eigenvalue weighted by Gasteiger charge is -2.18. The summed E-state index contributed by atoms with van der Waals surface area (Å²) < 4.78 is 2.07. The van der Waals surface area contributed by atoms with Crippen molar-refractivity contribution in [3.8, 4) is 11.3 Å². The summed E-state index contributed by atoms with van der Waals surface area (Å²) in [6.45, 7) is 5.55. The van der Waals surface area contributed by atoms with Gasteiger partial charge in [0, 0.05) is 36.1 Å². The lowest BCUT2D eigenvalue weighted by Crippen LogP contribution is -2.29. The molecule has 1 fully saturated rings. The number of hydrogen-bond acceptors (Lipinski definition) is 3. The van der Waals surface area contributed by atoms with Gasteiger partial charge in [-0.05, 0) is 61.4 Å². The molecule has 0 spiro atoms. The van der Waals surface area contributed by atoms with E-state index in [1.807, 2.05) is 36.1 Å². The molecule has 1 saturated heterocycles. The molecule has 1 amide bonds. The first-order valence-electron chi connectivity index (χ1n) is 9.94. The molecule has 0 bridgehead atoms. The van der Waals surface area contributed by atoms with Crippen LogP contribution in [0.15, 0.2) is 54.7 Å². The van der Waals surface area contributed by atoms with Crippen LogP contribution in [-0.2, 0) is 0 Å². The second kappa shape index (κ2) is 6.88. The lowest BCUT2D eigenvalue weighted by atomic mass is 10.0. The summed E-state index contributed by atoms with van der Waals surface area (Å²) >= 11 is 0. The van der Waals surface area contributed by atoms with Crippen LogP contribution in [0.25, 0.3) is 22.0 Å². The van der Waals surface area contributed by atoms with Crippen LogP contribution in [0.2, 0.25) is 0 Å². The minimum Gasteiger partial charge on any atom is -0.336 e. The third-order valence-corrected chi connectivity index (χ3v) is 5.74. The van der Waals surface area contributed by atoms with Crippen LogP contribution in [0.1, 0.15) is 34.2 Å². The Morgan fingerprint density at radius 3 is 2.66 bits per heavy atom. The Hall–Kier alpha value is -3.41. The minimum absolute atomic E-state index is 0.0913. The van der Waals surface area contributed by atoms with Crippen LogP contribution in [0.5, 0.6) is 0 Å². The van der Waals surface area contributed by atoms with Gasteiger partial charge in [0.05, 0.1) is 17.4 Å². The van der Waals surface area contributed by atoms with Gasteiger partial charge < -0.3 is 4.90 Å². The fourth-order valence-electron chi connectivity index (χ4n) is 4.29. The summed E-state index contributed by atoms with van der Waals surface area (Å²) in [5.41, 5.74) is 4.98. The Balaban J connectivity index is 1.37. The highest BCUT2D eigenvalue weighted by molar-refractivity contribution is 5.99. The third-order valence-electron chi connectivity index (χ3n) is 5.74. The maximum Gasteiger partial charge on any atom is 0.253 e. The van der Waals surface area contributed by atoms with Crippen LogP contribution in [0.4, 0.5) is 0 Å². The average molecular weight is 385 g/mol. The van der Waals surface area contributed by atoms with Gasteiger partial charge in [-0.25, -0.2) is 0 Å². The number of amides is 1. The fraction of sp³-hybridized carbons (Fsp3) is 0.261. The maximum absolute atomic E-state index is 13.1. The van der Waals surface area contributed by atoms with Crippen LogP contribution in [0.3, 0.4) is 0 Å². The number of fused-ring (bicyclic) bond motifs is 1. The normalized spacial score (nSPS) is 16.6. The van der Waals surface area contributed by atoms with Crippen molar-refractivity contribution in [1.82, 2.24) is 24.9 Å². The SMILES string of the molecule is Cc1cc(C)n(C2CCN(C(=O)c3ccc4cc(-c5ccn[nH]5)ccc4c3)C2)n1. The average Bonchev–Trinajstić information content (AvgIpc) is 3.47. The zero-order chi connectivity index (χ0) is 20.0. The van der Waals surface area contributed by atoms with Gasteiger partial charge in [0.25, 0.3) is 5.91 Å². The molecule has 0 radical (unpaired) electrons. The van der Waals surface area contributed by atoms with E-state index < -0.39 is 0 Å². The number of benzene rings is 2. The largest absolute Gasteiger partial charge is 0.336 e. The maximum atomic E-state index is 13.1. The van der Waals surface area contributed by atoms with Gasteiger partial charge in [-0.3, -0.25) is 14.6 Å². The second-order valence-electron chi connectivity index (χ2n) is 7.81. The Morgan fingerprint density at radius 2 is 1.90 bits per heavy atom. The molecule has 0 saturated carbocycles. The van der Waals surface area contributed by atoms with Crippen LogP contribution >= 0.6 is 0 Å². The highest BCUT2D eigenvalue weighted by atomic mass is 16.2. The van der Waals surface area contributed by atoms with Gasteiger partial charge >= 0.3 is 0 Å². The van der Waals surface area contributed by atoms with Crippen molar-refractivity contribution < 1.29 is 4.79 Å². The Bertz CT molecular complexity index is 1190. The van der Waals surface area contributed by atoms with Crippen molar-refractivity contribution in [1.29, 1.82) is 0 Å². The molecule has 1 atom stereocenters. The number of aromatic nitrogens is 4. The Morgan fingerprint density at radius 1 is 1.07 bits per heavy atom. The molecule has 2 aromatic heterocycles. The van der Waals surface area contributed by atoms with Crippen molar-refractivity contribution >= 4 is 16.7 Å². The minimum atomic E-state index is 0.0913. The predicted octanol–water partition coefficient (Wildman–Crippen LogP) is 4.13. The van der Waals surface area contributed by atoms with Crippen LogP contribution < -0.4 is 0 Å². The summed E-state index contributed by atoms with van der Waals surface area (Å²) in [5, 5.41) is 13.8. The van der Waals surface area contributed by atoms with Crippen molar-refractivity contribution in [3.63, 3.8) is 0 Å². The van der Waals surface area contributed by atoms with Crippen molar-refractivity contribution in [3.05, 3.63) is 71.7 Å². The standard InChI is InChI=1S/C23H23N5O/c1-15-11-16(2)28(26-15)21-8-10-27(14-21)23(29)20-6-4-17-12-19(5-3-18(17)13-20)22-7-9-24-25-22/h3-7,9,11-13,21H,8,10,14H2,1-2H3,(H,24,25). The smallest absolute Gasteiger partial charge is 0.253 e. The molecule has 1 unspecified atom stereocenters. The number of rotatable bonds is 3. The summed E-state index contributed by atoms with van der Waals surface area (Å²) in [6, 6.07) is 16.5. The molecule has 6 heteroatoms. The van der Waals surface area contributed by atoms with E-state index >= 15 is 0 Å². The molecular formula is C23H23N5O. The number of H-pyrrole nitrogens is 1. The van der Waals surface area contributed by atoms with Gasteiger partial charge in [-0.15, -0.1) is 0 Å². The quantitative estimate of drug-likeness (QED) is 0.577. The molecule has 146 valence electrons. The number of aromatic amines is 1. The van der Waals surface area contributed by atoms with Gasteiger partial charge in [-0.2, -0.15) is 10.2 Å². The Labute approximate surface area is 169 Å². The monoisotopic (exact) mass is 385 g/mol. The number of nitrogens with zero attached hydrogens (tertiary/aromatic N) is 4. The molecule has 1 aliphatic rings. The van der Waals surface area contributed by atoms with Crippen molar-refractivity contribution in [2.75, 3.05) is 13.1 Å². The molecule has 6 nitrogen and oxygen atoms in total. The topological polar surface area (TPSA) is 66.8 Å². The molecule has 5 rings (SSSR count). The third kappa shape index (κ3) is 3.20. The Kier molecular flexibility index (Phi) is 4.19. The molecule has 3 heterocycles. The van der Waals surface area contributed by atoms with E-state index in [2.05, 4.69) is 51.2 Å². The zero-order valence-corrected chi connectivity index (χ0v) is 16.6. The first-order chi connectivity index (χ1) is 14.1. The predicted molar refractivity (Wildman–Crippen MR) is 113 cm³/mol. The molecule has 2 aromatic carbocycles. The first-order valence-corrected chi connectivity index (χ1v) is 9.94. The summed E-state index contributed by atoms with van der Waals surface area (Å²) in [5.74, 6) is 0.0913. The van der Waals surface area contributed by atoms with E-state index in [1.54, 1.807) is 6.20 Å². The molecule has 0 aliphatic carbocycles.